The number of carbonyl (C=O) groups is 3. The summed E-state index contributed by atoms with van der Waals surface area (Å²) < 4.78 is 0. The molecule has 0 radical (unpaired) electrons. The van der Waals surface area contributed by atoms with Gasteiger partial charge in [-0.1, -0.05) is 32.1 Å². The summed E-state index contributed by atoms with van der Waals surface area (Å²) >= 11 is 0. The quantitative estimate of drug-likeness (QED) is 0.450. The molecule has 0 bridgehead atoms. The van der Waals surface area contributed by atoms with Gasteiger partial charge in [0.15, 0.2) is 0 Å². The van der Waals surface area contributed by atoms with Crippen molar-refractivity contribution < 1.29 is 24.6 Å². The standard InChI is InChI=1S/C14H25NO5/c16-12(9-10-14(19)20)15-11-7-5-3-1-2-4-6-8-13(17)18/h1-11H2,(H,15,16)(H,17,18)(H,19,20). The van der Waals surface area contributed by atoms with Gasteiger partial charge in [0.1, 0.15) is 0 Å². The summed E-state index contributed by atoms with van der Waals surface area (Å²) in [5.41, 5.74) is 0. The summed E-state index contributed by atoms with van der Waals surface area (Å²) in [6.07, 6.45) is 7.02. The Morgan fingerprint density at radius 2 is 1.15 bits per heavy atom. The second kappa shape index (κ2) is 12.4. The fourth-order valence-electron chi connectivity index (χ4n) is 1.82. The maximum atomic E-state index is 11.2. The minimum absolute atomic E-state index is 0.0406. The molecule has 0 unspecified atom stereocenters. The van der Waals surface area contributed by atoms with Crippen molar-refractivity contribution in [3.63, 3.8) is 0 Å². The molecule has 3 N–H and O–H groups in total. The minimum atomic E-state index is -0.956. The number of nitrogens with one attached hydrogen (secondary N) is 1. The largest absolute Gasteiger partial charge is 0.481 e. The predicted octanol–water partition coefficient (Wildman–Crippen LogP) is 2.17. The molecule has 0 heterocycles. The molecule has 0 aliphatic carbocycles. The fraction of sp³-hybridized carbons (Fsp3) is 0.786. The van der Waals surface area contributed by atoms with E-state index in [1.807, 2.05) is 0 Å². The van der Waals surface area contributed by atoms with Gasteiger partial charge in [0, 0.05) is 19.4 Å². The van der Waals surface area contributed by atoms with Crippen LogP contribution >= 0.6 is 0 Å². The Hall–Kier alpha value is -1.59. The Bertz CT molecular complexity index is 304. The van der Waals surface area contributed by atoms with Crippen molar-refractivity contribution in [1.82, 2.24) is 5.32 Å². The first-order valence-corrected chi connectivity index (χ1v) is 7.22. The molecule has 6 heteroatoms. The molecular formula is C14H25NO5. The van der Waals surface area contributed by atoms with Crippen molar-refractivity contribution in [2.75, 3.05) is 6.54 Å². The Balaban J connectivity index is 3.18. The van der Waals surface area contributed by atoms with Gasteiger partial charge >= 0.3 is 11.9 Å². The topological polar surface area (TPSA) is 104 Å². The highest BCUT2D eigenvalue weighted by Crippen LogP contribution is 2.08. The lowest BCUT2D eigenvalue weighted by molar-refractivity contribution is -0.139. The van der Waals surface area contributed by atoms with E-state index in [2.05, 4.69) is 5.32 Å². The van der Waals surface area contributed by atoms with Gasteiger partial charge < -0.3 is 15.5 Å². The predicted molar refractivity (Wildman–Crippen MR) is 74.5 cm³/mol. The number of hydrogen-bond donors (Lipinski definition) is 3. The fourth-order valence-corrected chi connectivity index (χ4v) is 1.82. The van der Waals surface area contributed by atoms with E-state index in [4.69, 9.17) is 10.2 Å². The number of hydrogen-bond acceptors (Lipinski definition) is 3. The number of aliphatic carboxylic acids is 2. The highest BCUT2D eigenvalue weighted by molar-refractivity contribution is 5.80. The summed E-state index contributed by atoms with van der Waals surface area (Å²) in [6, 6.07) is 0. The molecule has 0 aromatic rings. The van der Waals surface area contributed by atoms with E-state index in [1.165, 1.54) is 0 Å². The van der Waals surface area contributed by atoms with Crippen LogP contribution in [0.4, 0.5) is 0 Å². The number of carbonyl (C=O) groups excluding carboxylic acids is 1. The molecule has 6 nitrogen and oxygen atoms in total. The summed E-state index contributed by atoms with van der Waals surface area (Å²) in [6.45, 7) is 0.595. The first-order valence-electron chi connectivity index (χ1n) is 7.22. The zero-order chi connectivity index (χ0) is 15.2. The number of carboxylic acids is 2. The average Bonchev–Trinajstić information content (AvgIpc) is 2.38. The zero-order valence-electron chi connectivity index (χ0n) is 11.9. The Morgan fingerprint density at radius 3 is 1.70 bits per heavy atom. The molecule has 0 saturated carbocycles. The van der Waals surface area contributed by atoms with E-state index in [9.17, 15) is 14.4 Å². The molecule has 0 aliphatic heterocycles. The van der Waals surface area contributed by atoms with Crippen molar-refractivity contribution >= 4 is 17.8 Å². The van der Waals surface area contributed by atoms with E-state index in [-0.39, 0.29) is 25.2 Å². The van der Waals surface area contributed by atoms with Crippen LogP contribution in [0.3, 0.4) is 0 Å². The lowest BCUT2D eigenvalue weighted by atomic mass is 10.1. The third kappa shape index (κ3) is 14.5. The van der Waals surface area contributed by atoms with Crippen molar-refractivity contribution in [2.45, 2.75) is 64.2 Å². The van der Waals surface area contributed by atoms with Crippen molar-refractivity contribution in [3.05, 3.63) is 0 Å². The number of amides is 1. The van der Waals surface area contributed by atoms with Crippen molar-refractivity contribution in [1.29, 1.82) is 0 Å². The molecule has 0 rings (SSSR count). The summed E-state index contributed by atoms with van der Waals surface area (Å²) in [7, 11) is 0. The van der Waals surface area contributed by atoms with Crippen LogP contribution in [-0.4, -0.2) is 34.6 Å². The highest BCUT2D eigenvalue weighted by atomic mass is 16.4. The molecule has 0 aromatic heterocycles. The lowest BCUT2D eigenvalue weighted by Gasteiger charge is -2.04. The van der Waals surface area contributed by atoms with Crippen molar-refractivity contribution in [2.24, 2.45) is 0 Å². The highest BCUT2D eigenvalue weighted by Gasteiger charge is 2.04. The number of carboxylic acid groups (broad SMARTS) is 2. The second-order valence-electron chi connectivity index (χ2n) is 4.86. The zero-order valence-corrected chi connectivity index (χ0v) is 11.9. The van der Waals surface area contributed by atoms with Gasteiger partial charge in [-0.15, -0.1) is 0 Å². The summed E-state index contributed by atoms with van der Waals surface area (Å²) in [5.74, 6) is -1.90. The van der Waals surface area contributed by atoms with E-state index in [0.29, 0.717) is 6.54 Å². The average molecular weight is 287 g/mol. The van der Waals surface area contributed by atoms with Crippen LogP contribution in [0.25, 0.3) is 0 Å². The SMILES string of the molecule is O=C(O)CCCCCCCCCNC(=O)CCC(=O)O. The third-order valence-electron chi connectivity index (χ3n) is 2.96. The molecule has 0 saturated heterocycles. The maximum absolute atomic E-state index is 11.2. The van der Waals surface area contributed by atoms with Gasteiger partial charge in [-0.3, -0.25) is 14.4 Å². The first-order chi connectivity index (χ1) is 9.52. The third-order valence-corrected chi connectivity index (χ3v) is 2.96. The lowest BCUT2D eigenvalue weighted by Crippen LogP contribution is -2.24. The van der Waals surface area contributed by atoms with E-state index < -0.39 is 11.9 Å². The van der Waals surface area contributed by atoms with E-state index in [0.717, 1.165) is 44.9 Å². The van der Waals surface area contributed by atoms with Gasteiger partial charge in [-0.2, -0.15) is 0 Å². The van der Waals surface area contributed by atoms with Gasteiger partial charge in [0.25, 0.3) is 0 Å². The monoisotopic (exact) mass is 287 g/mol. The maximum Gasteiger partial charge on any atom is 0.303 e. The molecule has 116 valence electrons. The van der Waals surface area contributed by atoms with Crippen LogP contribution < -0.4 is 5.32 Å². The molecule has 0 aromatic carbocycles. The molecule has 0 aliphatic rings. The van der Waals surface area contributed by atoms with Crippen LogP contribution in [0.2, 0.25) is 0 Å². The molecule has 0 spiro atoms. The molecular weight excluding hydrogens is 262 g/mol. The Kier molecular flexibility index (Phi) is 11.5. The number of rotatable bonds is 13. The summed E-state index contributed by atoms with van der Waals surface area (Å²) in [4.78, 5) is 31.7. The Labute approximate surface area is 119 Å². The second-order valence-corrected chi connectivity index (χ2v) is 4.86. The van der Waals surface area contributed by atoms with E-state index in [1.54, 1.807) is 0 Å². The van der Waals surface area contributed by atoms with E-state index >= 15 is 0 Å². The van der Waals surface area contributed by atoms with Crippen LogP contribution in [0.1, 0.15) is 64.2 Å². The van der Waals surface area contributed by atoms with Gasteiger partial charge in [-0.25, -0.2) is 0 Å². The number of unbranched alkanes of at least 4 members (excludes halogenated alkanes) is 6. The molecule has 1 amide bonds. The summed E-state index contributed by atoms with van der Waals surface area (Å²) in [5, 5.41) is 19.6. The smallest absolute Gasteiger partial charge is 0.303 e. The van der Waals surface area contributed by atoms with Gasteiger partial charge in [0.05, 0.1) is 6.42 Å². The van der Waals surface area contributed by atoms with Crippen molar-refractivity contribution in [3.8, 4) is 0 Å². The molecule has 0 atom stereocenters. The molecule has 20 heavy (non-hydrogen) atoms. The normalized spacial score (nSPS) is 10.2. The van der Waals surface area contributed by atoms with Crippen LogP contribution in [0.5, 0.6) is 0 Å². The van der Waals surface area contributed by atoms with Gasteiger partial charge in [0.2, 0.25) is 5.91 Å². The van der Waals surface area contributed by atoms with Crippen LogP contribution in [0, 0.1) is 0 Å². The molecule has 0 fully saturated rings. The Morgan fingerprint density at radius 1 is 0.650 bits per heavy atom. The first kappa shape index (κ1) is 18.4. The minimum Gasteiger partial charge on any atom is -0.481 e. The van der Waals surface area contributed by atoms with Gasteiger partial charge in [-0.05, 0) is 12.8 Å². The van der Waals surface area contributed by atoms with Crippen LogP contribution in [-0.2, 0) is 14.4 Å². The van der Waals surface area contributed by atoms with Crippen LogP contribution in [0.15, 0.2) is 0 Å².